The third kappa shape index (κ3) is 4.11. The summed E-state index contributed by atoms with van der Waals surface area (Å²) in [4.78, 5) is 8.25. The van der Waals surface area contributed by atoms with E-state index in [1.807, 2.05) is 18.2 Å². The van der Waals surface area contributed by atoms with E-state index < -0.39 is 0 Å². The van der Waals surface area contributed by atoms with Crippen LogP contribution in [0.25, 0.3) is 5.82 Å². The standard InChI is InChI=1S/C15H13N7OS/c16-15(24)21-19-9-11-2-4-12(5-3-11)23-14-8-13(17-10-18-14)22-7-1-6-20-22/h1-10H,(H3,16,21,24). The molecule has 2 heterocycles. The Morgan fingerprint density at radius 3 is 2.83 bits per heavy atom. The molecule has 3 rings (SSSR count). The summed E-state index contributed by atoms with van der Waals surface area (Å²) in [5.41, 5.74) is 8.64. The van der Waals surface area contributed by atoms with Gasteiger partial charge in [-0.1, -0.05) is 0 Å². The summed E-state index contributed by atoms with van der Waals surface area (Å²) in [6.07, 6.45) is 6.49. The summed E-state index contributed by atoms with van der Waals surface area (Å²) in [6.45, 7) is 0. The smallest absolute Gasteiger partial charge is 0.224 e. The van der Waals surface area contributed by atoms with Crippen LogP contribution in [0.3, 0.4) is 0 Å². The molecular weight excluding hydrogens is 326 g/mol. The van der Waals surface area contributed by atoms with Gasteiger partial charge >= 0.3 is 0 Å². The topological polar surface area (TPSA) is 103 Å². The number of ether oxygens (including phenoxy) is 1. The molecule has 0 aliphatic rings. The Morgan fingerprint density at radius 2 is 2.12 bits per heavy atom. The predicted molar refractivity (Wildman–Crippen MR) is 93.2 cm³/mol. The van der Waals surface area contributed by atoms with Crippen LogP contribution in [-0.2, 0) is 0 Å². The molecule has 0 aliphatic heterocycles. The van der Waals surface area contributed by atoms with E-state index in [1.165, 1.54) is 6.33 Å². The van der Waals surface area contributed by atoms with Crippen LogP contribution in [0, 0.1) is 0 Å². The number of rotatable bonds is 5. The maximum Gasteiger partial charge on any atom is 0.224 e. The normalized spacial score (nSPS) is 10.7. The average molecular weight is 339 g/mol. The highest BCUT2D eigenvalue weighted by Gasteiger charge is 2.03. The molecule has 0 saturated heterocycles. The molecule has 0 spiro atoms. The number of benzene rings is 1. The minimum Gasteiger partial charge on any atom is -0.439 e. The summed E-state index contributed by atoms with van der Waals surface area (Å²) >= 11 is 4.66. The minimum atomic E-state index is 0.114. The number of nitrogens with zero attached hydrogens (tertiary/aromatic N) is 5. The first-order chi connectivity index (χ1) is 11.7. The van der Waals surface area contributed by atoms with Crippen LogP contribution in [0.4, 0.5) is 0 Å². The van der Waals surface area contributed by atoms with Crippen molar-refractivity contribution in [2.75, 3.05) is 0 Å². The van der Waals surface area contributed by atoms with Gasteiger partial charge in [0, 0.05) is 18.5 Å². The molecule has 0 bridgehead atoms. The lowest BCUT2D eigenvalue weighted by atomic mass is 10.2. The minimum absolute atomic E-state index is 0.114. The molecule has 24 heavy (non-hydrogen) atoms. The monoisotopic (exact) mass is 339 g/mol. The molecule has 2 aromatic heterocycles. The molecule has 9 heteroatoms. The Labute approximate surface area is 143 Å². The Kier molecular flexibility index (Phi) is 4.73. The molecule has 120 valence electrons. The van der Waals surface area contributed by atoms with Crippen molar-refractivity contribution < 1.29 is 4.74 Å². The largest absolute Gasteiger partial charge is 0.439 e. The van der Waals surface area contributed by atoms with Crippen LogP contribution in [0.5, 0.6) is 11.6 Å². The van der Waals surface area contributed by atoms with Crippen LogP contribution in [0.15, 0.2) is 60.2 Å². The molecule has 3 N–H and O–H groups in total. The van der Waals surface area contributed by atoms with Crippen molar-refractivity contribution in [2.45, 2.75) is 0 Å². The number of aromatic nitrogens is 4. The van der Waals surface area contributed by atoms with Gasteiger partial charge in [-0.25, -0.2) is 14.6 Å². The lowest BCUT2D eigenvalue weighted by molar-refractivity contribution is 0.460. The second-order valence-corrected chi connectivity index (χ2v) is 5.01. The van der Waals surface area contributed by atoms with Crippen LogP contribution >= 0.6 is 12.2 Å². The first-order valence-corrected chi connectivity index (χ1v) is 7.30. The van der Waals surface area contributed by atoms with Gasteiger partial charge < -0.3 is 10.5 Å². The van der Waals surface area contributed by atoms with Crippen molar-refractivity contribution in [1.82, 2.24) is 25.2 Å². The van der Waals surface area contributed by atoms with E-state index >= 15 is 0 Å². The third-order valence-electron chi connectivity index (χ3n) is 2.86. The van der Waals surface area contributed by atoms with Gasteiger partial charge in [-0.15, -0.1) is 0 Å². The summed E-state index contributed by atoms with van der Waals surface area (Å²) in [6, 6.07) is 10.8. The fourth-order valence-corrected chi connectivity index (χ4v) is 1.88. The van der Waals surface area contributed by atoms with Gasteiger partial charge in [-0.2, -0.15) is 10.2 Å². The molecule has 0 amide bonds. The van der Waals surface area contributed by atoms with Crippen molar-refractivity contribution in [1.29, 1.82) is 0 Å². The highest BCUT2D eigenvalue weighted by Crippen LogP contribution is 2.20. The van der Waals surface area contributed by atoms with E-state index in [9.17, 15) is 0 Å². The van der Waals surface area contributed by atoms with Crippen molar-refractivity contribution in [2.24, 2.45) is 10.8 Å². The van der Waals surface area contributed by atoms with Crippen molar-refractivity contribution in [3.05, 3.63) is 60.7 Å². The van der Waals surface area contributed by atoms with Gasteiger partial charge in [0.25, 0.3) is 0 Å². The van der Waals surface area contributed by atoms with E-state index in [0.29, 0.717) is 17.4 Å². The van der Waals surface area contributed by atoms with Crippen molar-refractivity contribution in [3.8, 4) is 17.4 Å². The van der Waals surface area contributed by atoms with Gasteiger partial charge in [-0.3, -0.25) is 5.43 Å². The Balaban J connectivity index is 1.69. The molecule has 0 radical (unpaired) electrons. The van der Waals surface area contributed by atoms with Gasteiger partial charge in [0.2, 0.25) is 5.88 Å². The average Bonchev–Trinajstić information content (AvgIpc) is 3.11. The molecule has 0 atom stereocenters. The van der Waals surface area contributed by atoms with Crippen molar-refractivity contribution in [3.63, 3.8) is 0 Å². The van der Waals surface area contributed by atoms with Crippen LogP contribution in [0.1, 0.15) is 5.56 Å². The quantitative estimate of drug-likeness (QED) is 0.413. The number of nitrogens with two attached hydrogens (primary N) is 1. The lowest BCUT2D eigenvalue weighted by Gasteiger charge is -2.06. The zero-order valence-electron chi connectivity index (χ0n) is 12.4. The summed E-state index contributed by atoms with van der Waals surface area (Å²) in [5, 5.41) is 8.12. The Bertz CT molecular complexity index is 847. The Hall–Kier alpha value is -3.33. The van der Waals surface area contributed by atoms with Gasteiger partial charge in [0.15, 0.2) is 10.9 Å². The van der Waals surface area contributed by atoms with Gasteiger partial charge in [0.1, 0.15) is 12.1 Å². The van der Waals surface area contributed by atoms with Gasteiger partial charge in [-0.05, 0) is 48.1 Å². The lowest BCUT2D eigenvalue weighted by Crippen LogP contribution is -2.23. The third-order valence-corrected chi connectivity index (χ3v) is 2.95. The number of hydrogen-bond donors (Lipinski definition) is 2. The first-order valence-electron chi connectivity index (χ1n) is 6.89. The maximum atomic E-state index is 5.72. The highest BCUT2D eigenvalue weighted by atomic mass is 32.1. The summed E-state index contributed by atoms with van der Waals surface area (Å²) < 4.78 is 7.35. The fraction of sp³-hybridized carbons (Fsp3) is 0. The number of hydrazone groups is 1. The second-order valence-electron chi connectivity index (χ2n) is 4.57. The number of nitrogens with one attached hydrogen (secondary N) is 1. The first kappa shape index (κ1) is 15.6. The van der Waals surface area contributed by atoms with Crippen LogP contribution < -0.4 is 15.9 Å². The van der Waals surface area contributed by atoms with Crippen molar-refractivity contribution >= 4 is 23.5 Å². The van der Waals surface area contributed by atoms with E-state index in [2.05, 4.69) is 37.8 Å². The molecule has 0 unspecified atom stereocenters. The van der Waals surface area contributed by atoms with E-state index in [4.69, 9.17) is 10.5 Å². The number of thiocarbonyl (C=S) groups is 1. The van der Waals surface area contributed by atoms with Crippen LogP contribution in [0.2, 0.25) is 0 Å². The highest BCUT2D eigenvalue weighted by molar-refractivity contribution is 7.80. The molecule has 0 fully saturated rings. The molecule has 0 saturated carbocycles. The van der Waals surface area contributed by atoms with Crippen LogP contribution in [-0.4, -0.2) is 31.1 Å². The summed E-state index contributed by atoms with van der Waals surface area (Å²) in [5.74, 6) is 1.68. The second kappa shape index (κ2) is 7.29. The SMILES string of the molecule is NC(=S)NN=Cc1ccc(Oc2cc(-n3cccn3)ncn2)cc1. The van der Waals surface area contributed by atoms with Gasteiger partial charge in [0.05, 0.1) is 6.21 Å². The predicted octanol–water partition coefficient (Wildman–Crippen LogP) is 1.62. The fourth-order valence-electron chi connectivity index (χ4n) is 1.83. The van der Waals surface area contributed by atoms with E-state index in [0.717, 1.165) is 5.56 Å². The summed E-state index contributed by atoms with van der Waals surface area (Å²) in [7, 11) is 0. The maximum absolute atomic E-state index is 5.72. The molecule has 3 aromatic rings. The molecule has 0 aliphatic carbocycles. The zero-order valence-corrected chi connectivity index (χ0v) is 13.2. The Morgan fingerprint density at radius 1 is 1.29 bits per heavy atom. The van der Waals surface area contributed by atoms with E-state index in [-0.39, 0.29) is 5.11 Å². The molecular formula is C15H13N7OS. The number of hydrogen-bond acceptors (Lipinski definition) is 6. The zero-order chi connectivity index (χ0) is 16.8. The van der Waals surface area contributed by atoms with E-state index in [1.54, 1.807) is 41.5 Å². The molecule has 1 aromatic carbocycles. The molecule has 8 nitrogen and oxygen atoms in total.